The molecule has 0 unspecified atom stereocenters. The number of carbonyl (C=O) groups is 1. The number of aromatic nitrogens is 5. The van der Waals surface area contributed by atoms with Crippen LogP contribution in [0.4, 0.5) is 5.82 Å². The van der Waals surface area contributed by atoms with Gasteiger partial charge in [-0.25, -0.2) is 9.50 Å². The van der Waals surface area contributed by atoms with Crippen molar-refractivity contribution in [2.75, 3.05) is 12.8 Å². The van der Waals surface area contributed by atoms with Gasteiger partial charge in [0.25, 0.3) is 0 Å². The van der Waals surface area contributed by atoms with Gasteiger partial charge in [-0.05, 0) is 44.5 Å². The van der Waals surface area contributed by atoms with Gasteiger partial charge in [0.15, 0.2) is 5.82 Å². The number of carbonyl (C=O) groups excluding carboxylic acids is 1. The van der Waals surface area contributed by atoms with Gasteiger partial charge >= 0.3 is 5.97 Å². The molecule has 0 atom stereocenters. The highest BCUT2D eigenvalue weighted by atomic mass is 16.6. The molecule has 0 bridgehead atoms. The summed E-state index contributed by atoms with van der Waals surface area (Å²) in [5.74, 6) is 0.629. The summed E-state index contributed by atoms with van der Waals surface area (Å²) in [7, 11) is 3.43. The van der Waals surface area contributed by atoms with Crippen molar-refractivity contribution in [3.8, 4) is 28.3 Å². The second-order valence-electron chi connectivity index (χ2n) is 8.51. The number of fused-ring (bicyclic) bond motifs is 1. The Morgan fingerprint density at radius 3 is 2.62 bits per heavy atom. The number of aryl methyl sites for hydroxylation is 1. The van der Waals surface area contributed by atoms with E-state index in [9.17, 15) is 4.79 Å². The average Bonchev–Trinajstić information content (AvgIpc) is 3.31. The van der Waals surface area contributed by atoms with Gasteiger partial charge in [-0.2, -0.15) is 10.2 Å². The first-order valence-electron chi connectivity index (χ1n) is 10.2. The van der Waals surface area contributed by atoms with Crippen LogP contribution < -0.4 is 10.5 Å². The lowest BCUT2D eigenvalue weighted by Crippen LogP contribution is -2.25. The number of nitrogens with zero attached hydrogens (tertiary/aromatic N) is 5. The molecule has 2 N–H and O–H groups in total. The Kier molecular flexibility index (Phi) is 5.33. The first-order chi connectivity index (χ1) is 15.2. The first-order valence-corrected chi connectivity index (χ1v) is 10.2. The fraction of sp³-hybridized carbons (Fsp3) is 0.304. The van der Waals surface area contributed by atoms with Crippen molar-refractivity contribution in [1.29, 1.82) is 0 Å². The minimum atomic E-state index is -0.547. The lowest BCUT2D eigenvalue weighted by Gasteiger charge is -2.20. The van der Waals surface area contributed by atoms with Crippen molar-refractivity contribution in [2.24, 2.45) is 7.05 Å². The number of anilines is 1. The van der Waals surface area contributed by atoms with E-state index >= 15 is 0 Å². The van der Waals surface area contributed by atoms with Crippen molar-refractivity contribution in [3.63, 3.8) is 0 Å². The van der Waals surface area contributed by atoms with Crippen molar-refractivity contribution >= 4 is 17.3 Å². The van der Waals surface area contributed by atoms with Gasteiger partial charge in [0.1, 0.15) is 28.9 Å². The van der Waals surface area contributed by atoms with Crippen molar-refractivity contribution in [3.05, 3.63) is 48.4 Å². The third kappa shape index (κ3) is 4.14. The monoisotopic (exact) mass is 434 g/mol. The van der Waals surface area contributed by atoms with Crippen LogP contribution in [0.2, 0.25) is 0 Å². The van der Waals surface area contributed by atoms with Gasteiger partial charge in [-0.1, -0.05) is 12.1 Å². The molecular weight excluding hydrogens is 408 g/mol. The number of hydrogen-bond acceptors (Lipinski definition) is 7. The average molecular weight is 435 g/mol. The molecule has 4 aromatic rings. The van der Waals surface area contributed by atoms with Crippen LogP contribution in [0, 0.1) is 0 Å². The van der Waals surface area contributed by atoms with Crippen molar-refractivity contribution < 1.29 is 14.3 Å². The van der Waals surface area contributed by atoms with E-state index in [0.29, 0.717) is 17.1 Å². The molecule has 166 valence electrons. The minimum Gasteiger partial charge on any atom is -0.496 e. The van der Waals surface area contributed by atoms with Crippen LogP contribution in [0.15, 0.2) is 42.9 Å². The second kappa shape index (κ2) is 7.99. The van der Waals surface area contributed by atoms with E-state index < -0.39 is 5.60 Å². The molecule has 0 amide bonds. The second-order valence-corrected chi connectivity index (χ2v) is 8.51. The molecule has 0 fully saturated rings. The Morgan fingerprint density at radius 1 is 1.19 bits per heavy atom. The van der Waals surface area contributed by atoms with Crippen LogP contribution in [-0.4, -0.2) is 43.1 Å². The van der Waals surface area contributed by atoms with E-state index in [1.165, 1.54) is 6.33 Å². The number of ether oxygens (including phenoxy) is 2. The van der Waals surface area contributed by atoms with E-state index in [1.807, 2.05) is 64.3 Å². The molecule has 0 radical (unpaired) electrons. The zero-order valence-corrected chi connectivity index (χ0v) is 18.8. The van der Waals surface area contributed by atoms with Crippen LogP contribution in [0.5, 0.6) is 5.75 Å². The van der Waals surface area contributed by atoms with Crippen molar-refractivity contribution in [1.82, 2.24) is 24.4 Å². The summed E-state index contributed by atoms with van der Waals surface area (Å²) in [5.41, 5.74) is 10.3. The maximum Gasteiger partial charge on any atom is 0.310 e. The van der Waals surface area contributed by atoms with Crippen LogP contribution in [-0.2, 0) is 23.0 Å². The van der Waals surface area contributed by atoms with Crippen LogP contribution in [0.3, 0.4) is 0 Å². The molecule has 0 saturated carbocycles. The standard InChI is InChI=1S/C23H26N6O3/c1-23(2,3)32-20(30)11-15-7-6-14(10-19(15)31-5)16-12-18(17-8-9-28(4)27-17)29-21(16)22(24)25-13-26-29/h6-10,12-13H,11H2,1-5H3,(H2,24,25,26). The molecule has 9 heteroatoms. The van der Waals surface area contributed by atoms with E-state index in [0.717, 1.165) is 28.1 Å². The highest BCUT2D eigenvalue weighted by molar-refractivity contribution is 5.92. The fourth-order valence-electron chi connectivity index (χ4n) is 3.61. The maximum atomic E-state index is 12.3. The highest BCUT2D eigenvalue weighted by Crippen LogP contribution is 2.36. The van der Waals surface area contributed by atoms with Crippen LogP contribution >= 0.6 is 0 Å². The fourth-order valence-corrected chi connectivity index (χ4v) is 3.61. The Bertz CT molecular complexity index is 1300. The maximum absolute atomic E-state index is 12.3. The topological polar surface area (TPSA) is 110 Å². The molecule has 3 aromatic heterocycles. The van der Waals surface area contributed by atoms with E-state index in [1.54, 1.807) is 16.3 Å². The molecule has 9 nitrogen and oxygen atoms in total. The lowest BCUT2D eigenvalue weighted by atomic mass is 10.0. The van der Waals surface area contributed by atoms with E-state index in [2.05, 4.69) is 15.2 Å². The lowest BCUT2D eigenvalue weighted by molar-refractivity contribution is -0.153. The highest BCUT2D eigenvalue weighted by Gasteiger charge is 2.21. The largest absolute Gasteiger partial charge is 0.496 e. The number of esters is 1. The molecule has 4 rings (SSSR count). The molecule has 0 aliphatic carbocycles. The van der Waals surface area contributed by atoms with Gasteiger partial charge in [0, 0.05) is 24.4 Å². The number of methoxy groups -OCH3 is 1. The molecule has 0 saturated heterocycles. The number of benzene rings is 1. The van der Waals surface area contributed by atoms with Gasteiger partial charge in [0.2, 0.25) is 0 Å². The normalized spacial score (nSPS) is 11.7. The first kappa shape index (κ1) is 21.4. The summed E-state index contributed by atoms with van der Waals surface area (Å²) in [5, 5.41) is 8.89. The number of nitrogen functional groups attached to an aromatic ring is 1. The van der Waals surface area contributed by atoms with E-state index in [-0.39, 0.29) is 12.4 Å². The Hall–Kier alpha value is -3.88. The molecular formula is C23H26N6O3. The summed E-state index contributed by atoms with van der Waals surface area (Å²) < 4.78 is 14.5. The zero-order valence-electron chi connectivity index (χ0n) is 18.8. The van der Waals surface area contributed by atoms with Gasteiger partial charge in [-0.3, -0.25) is 9.48 Å². The smallest absolute Gasteiger partial charge is 0.310 e. The van der Waals surface area contributed by atoms with Crippen LogP contribution in [0.1, 0.15) is 26.3 Å². The van der Waals surface area contributed by atoms with Gasteiger partial charge in [-0.15, -0.1) is 0 Å². The third-order valence-corrected chi connectivity index (χ3v) is 4.91. The summed E-state index contributed by atoms with van der Waals surface area (Å²) >= 11 is 0. The molecule has 0 aliphatic heterocycles. The molecule has 32 heavy (non-hydrogen) atoms. The molecule has 3 heterocycles. The SMILES string of the molecule is COc1cc(-c2cc(-c3ccn(C)n3)n3ncnc(N)c23)ccc1CC(=O)OC(C)(C)C. The minimum absolute atomic E-state index is 0.113. The number of nitrogens with two attached hydrogens (primary N) is 1. The summed E-state index contributed by atoms with van der Waals surface area (Å²) in [6, 6.07) is 9.55. The van der Waals surface area contributed by atoms with E-state index in [4.69, 9.17) is 15.2 Å². The summed E-state index contributed by atoms with van der Waals surface area (Å²) in [6.07, 6.45) is 3.40. The Balaban J connectivity index is 1.78. The van der Waals surface area contributed by atoms with Crippen molar-refractivity contribution in [2.45, 2.75) is 32.8 Å². The van der Waals surface area contributed by atoms with Gasteiger partial charge < -0.3 is 15.2 Å². The summed E-state index contributed by atoms with van der Waals surface area (Å²) in [6.45, 7) is 5.53. The third-order valence-electron chi connectivity index (χ3n) is 4.91. The summed E-state index contributed by atoms with van der Waals surface area (Å²) in [4.78, 5) is 16.5. The Morgan fingerprint density at radius 2 is 1.97 bits per heavy atom. The number of hydrogen-bond donors (Lipinski definition) is 1. The Labute approximate surface area is 185 Å². The predicted molar refractivity (Wildman–Crippen MR) is 121 cm³/mol. The molecule has 1 aromatic carbocycles. The van der Waals surface area contributed by atoms with Gasteiger partial charge in [0.05, 0.1) is 19.2 Å². The predicted octanol–water partition coefficient (Wildman–Crippen LogP) is 3.27. The molecule has 0 aliphatic rings. The zero-order chi connectivity index (χ0) is 23.0. The molecule has 0 spiro atoms. The quantitative estimate of drug-likeness (QED) is 0.480. The number of rotatable bonds is 5. The van der Waals surface area contributed by atoms with Crippen LogP contribution in [0.25, 0.3) is 28.0 Å².